The van der Waals surface area contributed by atoms with Gasteiger partial charge in [0, 0.05) is 28.0 Å². The van der Waals surface area contributed by atoms with Crippen LogP contribution in [0.5, 0.6) is 11.5 Å². The fourth-order valence-electron chi connectivity index (χ4n) is 3.31. The van der Waals surface area contributed by atoms with E-state index in [2.05, 4.69) is 32.7 Å². The number of carbonyl (C=O) groups is 1. The number of rotatable bonds is 4. The molecule has 7 heteroatoms. The quantitative estimate of drug-likeness (QED) is 0.806. The largest absolute Gasteiger partial charge is 0.486 e. The fraction of sp³-hybridized carbons (Fsp3) is 0.389. The number of nitrogens with one attached hydrogen (secondary N) is 1. The Morgan fingerprint density at radius 1 is 1.32 bits per heavy atom. The first-order valence-corrected chi connectivity index (χ1v) is 10.1. The van der Waals surface area contributed by atoms with E-state index in [0.29, 0.717) is 19.0 Å². The van der Waals surface area contributed by atoms with Gasteiger partial charge in [0.25, 0.3) is 0 Å². The molecule has 1 N–H and O–H groups in total. The Morgan fingerprint density at radius 2 is 2.12 bits per heavy atom. The lowest BCUT2D eigenvalue weighted by molar-refractivity contribution is -0.130. The van der Waals surface area contributed by atoms with Gasteiger partial charge in [0.15, 0.2) is 11.5 Å². The summed E-state index contributed by atoms with van der Waals surface area (Å²) >= 11 is 5.25. The molecule has 0 aliphatic carbocycles. The number of thiophene rings is 1. The number of ether oxygens (including phenoxy) is 2. The summed E-state index contributed by atoms with van der Waals surface area (Å²) in [4.78, 5) is 16.0. The normalized spacial score (nSPS) is 19.1. The molecule has 1 aromatic carbocycles. The van der Waals surface area contributed by atoms with Crippen LogP contribution >= 0.6 is 27.3 Å². The molecule has 2 aromatic rings. The number of likely N-dealkylation sites (tertiary alicyclic amines) is 1. The zero-order chi connectivity index (χ0) is 17.2. The lowest BCUT2D eigenvalue weighted by atomic mass is 10.2. The van der Waals surface area contributed by atoms with E-state index in [4.69, 9.17) is 9.47 Å². The Morgan fingerprint density at radius 3 is 2.88 bits per heavy atom. The molecular weight excluding hydrogens is 404 g/mol. The van der Waals surface area contributed by atoms with Gasteiger partial charge in [-0.1, -0.05) is 6.07 Å². The average molecular weight is 423 g/mol. The molecule has 0 radical (unpaired) electrons. The van der Waals surface area contributed by atoms with E-state index in [1.807, 2.05) is 23.1 Å². The van der Waals surface area contributed by atoms with Crippen LogP contribution in [0.25, 0.3) is 0 Å². The zero-order valence-corrected chi connectivity index (χ0v) is 16.1. The lowest BCUT2D eigenvalue weighted by Crippen LogP contribution is -2.34. The smallest absolute Gasteiger partial charge is 0.242 e. The Labute approximate surface area is 159 Å². The SMILES string of the molecule is O=C(CNc1cc2c(cc1Br)OCCO2)N1CCC[C@H]1c1cccs1. The summed E-state index contributed by atoms with van der Waals surface area (Å²) in [5, 5.41) is 5.31. The summed E-state index contributed by atoms with van der Waals surface area (Å²) < 4.78 is 12.0. The van der Waals surface area contributed by atoms with E-state index >= 15 is 0 Å². The van der Waals surface area contributed by atoms with Gasteiger partial charge in [-0.25, -0.2) is 0 Å². The number of amides is 1. The van der Waals surface area contributed by atoms with E-state index in [-0.39, 0.29) is 18.5 Å². The number of hydrogen-bond donors (Lipinski definition) is 1. The van der Waals surface area contributed by atoms with Gasteiger partial charge in [0.1, 0.15) is 13.2 Å². The van der Waals surface area contributed by atoms with Crippen LogP contribution in [-0.2, 0) is 4.79 Å². The van der Waals surface area contributed by atoms with E-state index in [0.717, 1.165) is 35.3 Å². The van der Waals surface area contributed by atoms with Crippen LogP contribution in [0.1, 0.15) is 23.8 Å². The van der Waals surface area contributed by atoms with Gasteiger partial charge in [0.05, 0.1) is 18.3 Å². The van der Waals surface area contributed by atoms with Gasteiger partial charge < -0.3 is 19.7 Å². The van der Waals surface area contributed by atoms with Crippen LogP contribution in [0.3, 0.4) is 0 Å². The van der Waals surface area contributed by atoms with Crippen LogP contribution in [0.2, 0.25) is 0 Å². The highest BCUT2D eigenvalue weighted by Gasteiger charge is 2.30. The average Bonchev–Trinajstić information content (AvgIpc) is 3.30. The second kappa shape index (κ2) is 7.25. The number of nitrogens with zero attached hydrogens (tertiary/aromatic N) is 1. The van der Waals surface area contributed by atoms with Crippen LogP contribution in [0, 0.1) is 0 Å². The third-order valence-corrected chi connectivity index (χ3v) is 6.14. The van der Waals surface area contributed by atoms with Gasteiger partial charge in [-0.05, 0) is 40.2 Å². The predicted octanol–water partition coefficient (Wildman–Crippen LogP) is 4.06. The van der Waals surface area contributed by atoms with Crippen molar-refractivity contribution in [2.24, 2.45) is 0 Å². The molecule has 1 fully saturated rings. The maximum Gasteiger partial charge on any atom is 0.242 e. The molecule has 4 rings (SSSR count). The number of halogens is 1. The van der Waals surface area contributed by atoms with Crippen LogP contribution in [-0.4, -0.2) is 37.1 Å². The second-order valence-corrected chi connectivity index (χ2v) is 7.92. The molecule has 0 unspecified atom stereocenters. The van der Waals surface area contributed by atoms with Crippen LogP contribution in [0.15, 0.2) is 34.1 Å². The van der Waals surface area contributed by atoms with Crippen molar-refractivity contribution in [3.8, 4) is 11.5 Å². The van der Waals surface area contributed by atoms with Crippen molar-refractivity contribution in [3.05, 3.63) is 39.0 Å². The Kier molecular flexibility index (Phi) is 4.85. The summed E-state index contributed by atoms with van der Waals surface area (Å²) in [6.07, 6.45) is 2.10. The molecule has 1 saturated heterocycles. The molecule has 132 valence electrons. The first-order chi connectivity index (χ1) is 12.2. The van der Waals surface area contributed by atoms with Gasteiger partial charge in [-0.3, -0.25) is 4.79 Å². The molecule has 1 aromatic heterocycles. The summed E-state index contributed by atoms with van der Waals surface area (Å²) in [5.41, 5.74) is 0.837. The minimum absolute atomic E-state index is 0.123. The number of carbonyl (C=O) groups excluding carboxylic acids is 1. The lowest BCUT2D eigenvalue weighted by Gasteiger charge is -2.25. The highest BCUT2D eigenvalue weighted by Crippen LogP contribution is 2.38. The third-order valence-electron chi connectivity index (χ3n) is 4.51. The van der Waals surface area contributed by atoms with Gasteiger partial charge in [-0.15, -0.1) is 11.3 Å². The van der Waals surface area contributed by atoms with E-state index in [1.54, 1.807) is 11.3 Å². The van der Waals surface area contributed by atoms with Crippen molar-refractivity contribution in [2.75, 3.05) is 31.6 Å². The monoisotopic (exact) mass is 422 g/mol. The number of benzene rings is 1. The maximum absolute atomic E-state index is 12.7. The van der Waals surface area contributed by atoms with Gasteiger partial charge in [-0.2, -0.15) is 0 Å². The minimum Gasteiger partial charge on any atom is -0.486 e. The Balaban J connectivity index is 1.43. The summed E-state index contributed by atoms with van der Waals surface area (Å²) in [6.45, 7) is 2.19. The van der Waals surface area contributed by atoms with Gasteiger partial charge >= 0.3 is 0 Å². The molecule has 25 heavy (non-hydrogen) atoms. The van der Waals surface area contributed by atoms with E-state index in [9.17, 15) is 4.79 Å². The summed E-state index contributed by atoms with van der Waals surface area (Å²) in [7, 11) is 0. The number of anilines is 1. The molecule has 0 bridgehead atoms. The molecule has 5 nitrogen and oxygen atoms in total. The molecule has 0 saturated carbocycles. The standard InChI is InChI=1S/C18H19BrN2O3S/c19-12-9-15-16(24-7-6-23-15)10-13(12)20-11-18(22)21-5-1-3-14(21)17-4-2-8-25-17/h2,4,8-10,14,20H,1,3,5-7,11H2/t14-/m0/s1. The zero-order valence-electron chi connectivity index (χ0n) is 13.7. The Hall–Kier alpha value is -1.73. The van der Waals surface area contributed by atoms with Crippen LogP contribution in [0.4, 0.5) is 5.69 Å². The third kappa shape index (κ3) is 3.48. The van der Waals surface area contributed by atoms with Crippen molar-refractivity contribution in [3.63, 3.8) is 0 Å². The first-order valence-electron chi connectivity index (χ1n) is 8.38. The predicted molar refractivity (Wildman–Crippen MR) is 102 cm³/mol. The van der Waals surface area contributed by atoms with E-state index in [1.165, 1.54) is 4.88 Å². The topological polar surface area (TPSA) is 50.8 Å². The fourth-order valence-corrected chi connectivity index (χ4v) is 4.65. The molecule has 2 aliphatic rings. The Bertz CT molecular complexity index is 766. The molecular formula is C18H19BrN2O3S. The highest BCUT2D eigenvalue weighted by molar-refractivity contribution is 9.10. The molecule has 2 aliphatic heterocycles. The number of hydrogen-bond acceptors (Lipinski definition) is 5. The van der Waals surface area contributed by atoms with Gasteiger partial charge in [0.2, 0.25) is 5.91 Å². The van der Waals surface area contributed by atoms with E-state index < -0.39 is 0 Å². The molecule has 1 amide bonds. The molecule has 0 spiro atoms. The van der Waals surface area contributed by atoms with Crippen molar-refractivity contribution in [1.29, 1.82) is 0 Å². The van der Waals surface area contributed by atoms with Crippen molar-refractivity contribution >= 4 is 38.9 Å². The first kappa shape index (κ1) is 16.7. The van der Waals surface area contributed by atoms with Crippen LogP contribution < -0.4 is 14.8 Å². The summed E-state index contributed by atoms with van der Waals surface area (Å²) in [6, 6.07) is 8.15. The van der Waals surface area contributed by atoms with Crippen molar-refractivity contribution in [1.82, 2.24) is 4.90 Å². The van der Waals surface area contributed by atoms with Crippen molar-refractivity contribution in [2.45, 2.75) is 18.9 Å². The second-order valence-electron chi connectivity index (χ2n) is 6.09. The molecule has 1 atom stereocenters. The summed E-state index contributed by atoms with van der Waals surface area (Å²) in [5.74, 6) is 1.56. The molecule has 3 heterocycles. The van der Waals surface area contributed by atoms with Crippen molar-refractivity contribution < 1.29 is 14.3 Å². The maximum atomic E-state index is 12.7. The highest BCUT2D eigenvalue weighted by atomic mass is 79.9. The number of fused-ring (bicyclic) bond motifs is 1. The minimum atomic E-state index is 0.123.